The van der Waals surface area contributed by atoms with Gasteiger partial charge in [0.25, 0.3) is 10.2 Å². The zero-order chi connectivity index (χ0) is 13.1. The van der Waals surface area contributed by atoms with Crippen molar-refractivity contribution in [2.75, 3.05) is 11.3 Å². The lowest BCUT2D eigenvalue weighted by Gasteiger charge is -2.12. The minimum atomic E-state index is -3.73. The number of carboxylic acids is 1. The molecule has 17 heavy (non-hydrogen) atoms. The summed E-state index contributed by atoms with van der Waals surface area (Å²) in [6, 6.07) is 4.54. The number of hydrogen-bond acceptors (Lipinski definition) is 3. The first-order chi connectivity index (χ1) is 7.87. The highest BCUT2D eigenvalue weighted by Gasteiger charge is 2.16. The van der Waals surface area contributed by atoms with Crippen molar-refractivity contribution in [2.45, 2.75) is 13.8 Å². The normalized spacial score (nSPS) is 11.2. The Morgan fingerprint density at radius 3 is 2.59 bits per heavy atom. The molecule has 1 aromatic carbocycles. The predicted molar refractivity (Wildman–Crippen MR) is 64.4 cm³/mol. The minimum Gasteiger partial charge on any atom is -0.478 e. The fourth-order valence-corrected chi connectivity index (χ4v) is 2.33. The molecule has 1 aromatic rings. The van der Waals surface area contributed by atoms with Crippen LogP contribution in [0.3, 0.4) is 0 Å². The third kappa shape index (κ3) is 3.43. The number of anilines is 1. The third-order valence-corrected chi connectivity index (χ3v) is 3.22. The average Bonchev–Trinajstić information content (AvgIpc) is 2.20. The van der Waals surface area contributed by atoms with E-state index in [1.807, 2.05) is 0 Å². The molecule has 0 radical (unpaired) electrons. The van der Waals surface area contributed by atoms with E-state index in [1.54, 1.807) is 26.0 Å². The number of nitrogens with one attached hydrogen (secondary N) is 2. The molecule has 0 aromatic heterocycles. The van der Waals surface area contributed by atoms with Crippen LogP contribution in [0.4, 0.5) is 5.69 Å². The number of para-hydroxylation sites is 1. The molecule has 0 atom stereocenters. The van der Waals surface area contributed by atoms with Crippen LogP contribution < -0.4 is 9.44 Å². The molecule has 0 bridgehead atoms. The lowest BCUT2D eigenvalue weighted by Crippen LogP contribution is -2.30. The summed E-state index contributed by atoms with van der Waals surface area (Å²) in [4.78, 5) is 11.0. The van der Waals surface area contributed by atoms with Crippen molar-refractivity contribution in [3.63, 3.8) is 0 Å². The van der Waals surface area contributed by atoms with E-state index in [0.717, 1.165) is 0 Å². The van der Waals surface area contributed by atoms with E-state index in [9.17, 15) is 13.2 Å². The first kappa shape index (κ1) is 13.5. The molecule has 0 fully saturated rings. The van der Waals surface area contributed by atoms with Gasteiger partial charge in [-0.2, -0.15) is 13.1 Å². The van der Waals surface area contributed by atoms with E-state index >= 15 is 0 Å². The van der Waals surface area contributed by atoms with Gasteiger partial charge in [-0.1, -0.05) is 19.1 Å². The predicted octanol–water partition coefficient (Wildman–Crippen LogP) is 0.959. The molecule has 0 saturated heterocycles. The molecular weight excluding hydrogens is 244 g/mol. The summed E-state index contributed by atoms with van der Waals surface area (Å²) in [5, 5.41) is 8.96. The lowest BCUT2D eigenvalue weighted by atomic mass is 10.1. The fourth-order valence-electron chi connectivity index (χ4n) is 1.34. The van der Waals surface area contributed by atoms with Crippen LogP contribution in [0.1, 0.15) is 22.8 Å². The van der Waals surface area contributed by atoms with Gasteiger partial charge < -0.3 is 5.11 Å². The van der Waals surface area contributed by atoms with Crippen molar-refractivity contribution < 1.29 is 18.3 Å². The molecular formula is C10H14N2O4S. The molecule has 0 amide bonds. The van der Waals surface area contributed by atoms with Crippen molar-refractivity contribution in [3.8, 4) is 0 Å². The second-order valence-corrected chi connectivity index (χ2v) is 4.91. The number of carbonyl (C=O) groups is 1. The average molecular weight is 258 g/mol. The molecule has 0 aliphatic carbocycles. The van der Waals surface area contributed by atoms with Gasteiger partial charge in [0.2, 0.25) is 0 Å². The summed E-state index contributed by atoms with van der Waals surface area (Å²) >= 11 is 0. The highest BCUT2D eigenvalue weighted by atomic mass is 32.2. The molecule has 0 spiro atoms. The zero-order valence-electron chi connectivity index (χ0n) is 9.52. The van der Waals surface area contributed by atoms with E-state index in [1.165, 1.54) is 6.07 Å². The number of aromatic carboxylic acids is 1. The summed E-state index contributed by atoms with van der Waals surface area (Å²) < 4.78 is 27.5. The van der Waals surface area contributed by atoms with Crippen molar-refractivity contribution in [2.24, 2.45) is 0 Å². The van der Waals surface area contributed by atoms with Gasteiger partial charge in [0.05, 0.1) is 11.3 Å². The maximum Gasteiger partial charge on any atom is 0.337 e. The molecule has 0 aliphatic rings. The van der Waals surface area contributed by atoms with Crippen LogP contribution in [-0.2, 0) is 10.2 Å². The quantitative estimate of drug-likeness (QED) is 0.733. The Hall–Kier alpha value is -1.60. The molecule has 0 aliphatic heterocycles. The van der Waals surface area contributed by atoms with Gasteiger partial charge in [0, 0.05) is 6.54 Å². The van der Waals surface area contributed by atoms with Gasteiger partial charge in [-0.05, 0) is 18.6 Å². The molecule has 0 saturated carbocycles. The van der Waals surface area contributed by atoms with E-state index in [2.05, 4.69) is 9.44 Å². The zero-order valence-corrected chi connectivity index (χ0v) is 10.3. The van der Waals surface area contributed by atoms with Crippen LogP contribution in [0, 0.1) is 6.92 Å². The van der Waals surface area contributed by atoms with Crippen molar-refractivity contribution in [1.82, 2.24) is 4.72 Å². The first-order valence-corrected chi connectivity index (χ1v) is 6.46. The standard InChI is InChI=1S/C10H14N2O4S/c1-3-11-17(15,16)12-9-7(2)5-4-6-8(9)10(13)14/h4-6,11-12H,3H2,1-2H3,(H,13,14). The van der Waals surface area contributed by atoms with Crippen LogP contribution in [-0.4, -0.2) is 26.0 Å². The van der Waals surface area contributed by atoms with Gasteiger partial charge in [0.15, 0.2) is 0 Å². The Kier molecular flexibility index (Phi) is 4.08. The molecule has 0 heterocycles. The van der Waals surface area contributed by atoms with Crippen LogP contribution in [0.15, 0.2) is 18.2 Å². The molecule has 1 rings (SSSR count). The van der Waals surface area contributed by atoms with Gasteiger partial charge in [-0.25, -0.2) is 4.79 Å². The summed E-state index contributed by atoms with van der Waals surface area (Å²) in [6.45, 7) is 3.50. The molecule has 3 N–H and O–H groups in total. The second-order valence-electron chi connectivity index (χ2n) is 3.41. The second kappa shape index (κ2) is 5.15. The third-order valence-electron chi connectivity index (χ3n) is 2.07. The fraction of sp³-hybridized carbons (Fsp3) is 0.300. The number of rotatable bonds is 5. The van der Waals surface area contributed by atoms with Gasteiger partial charge >= 0.3 is 5.97 Å². The van der Waals surface area contributed by atoms with Crippen LogP contribution in [0.5, 0.6) is 0 Å². The molecule has 0 unspecified atom stereocenters. The number of carboxylic acid groups (broad SMARTS) is 1. The van der Waals surface area contributed by atoms with Crippen molar-refractivity contribution in [1.29, 1.82) is 0 Å². The van der Waals surface area contributed by atoms with Crippen LogP contribution >= 0.6 is 0 Å². The Balaban J connectivity index is 3.18. The van der Waals surface area contributed by atoms with Gasteiger partial charge in [-0.15, -0.1) is 0 Å². The minimum absolute atomic E-state index is 0.0773. The smallest absolute Gasteiger partial charge is 0.337 e. The Morgan fingerprint density at radius 1 is 1.41 bits per heavy atom. The highest BCUT2D eigenvalue weighted by molar-refractivity contribution is 7.90. The highest BCUT2D eigenvalue weighted by Crippen LogP contribution is 2.21. The number of benzene rings is 1. The lowest BCUT2D eigenvalue weighted by molar-refractivity contribution is 0.0698. The largest absolute Gasteiger partial charge is 0.478 e. The van der Waals surface area contributed by atoms with E-state index in [4.69, 9.17) is 5.11 Å². The van der Waals surface area contributed by atoms with Gasteiger partial charge in [-0.3, -0.25) is 4.72 Å². The Bertz CT molecular complexity index is 525. The van der Waals surface area contributed by atoms with Crippen molar-refractivity contribution >= 4 is 21.9 Å². The summed E-state index contributed by atoms with van der Waals surface area (Å²) in [5.74, 6) is -1.18. The topological polar surface area (TPSA) is 95.5 Å². The summed E-state index contributed by atoms with van der Waals surface area (Å²) in [6.07, 6.45) is 0. The SMILES string of the molecule is CCNS(=O)(=O)Nc1c(C)cccc1C(=O)O. The Morgan fingerprint density at radius 2 is 2.06 bits per heavy atom. The molecule has 7 heteroatoms. The summed E-state index contributed by atoms with van der Waals surface area (Å²) in [5.41, 5.74) is 0.554. The van der Waals surface area contributed by atoms with E-state index in [0.29, 0.717) is 5.56 Å². The van der Waals surface area contributed by atoms with Gasteiger partial charge in [0.1, 0.15) is 0 Å². The Labute approximate surface area is 99.8 Å². The first-order valence-electron chi connectivity index (χ1n) is 4.97. The van der Waals surface area contributed by atoms with E-state index in [-0.39, 0.29) is 17.8 Å². The van der Waals surface area contributed by atoms with Crippen molar-refractivity contribution in [3.05, 3.63) is 29.3 Å². The van der Waals surface area contributed by atoms with Crippen LogP contribution in [0.2, 0.25) is 0 Å². The summed E-state index contributed by atoms with van der Waals surface area (Å²) in [7, 11) is -3.73. The molecule has 6 nitrogen and oxygen atoms in total. The van der Waals surface area contributed by atoms with E-state index < -0.39 is 16.2 Å². The number of hydrogen-bond donors (Lipinski definition) is 3. The molecule has 94 valence electrons. The van der Waals surface area contributed by atoms with Crippen LogP contribution in [0.25, 0.3) is 0 Å². The maximum absolute atomic E-state index is 11.5. The monoisotopic (exact) mass is 258 g/mol. The maximum atomic E-state index is 11.5. The number of aryl methyl sites for hydroxylation is 1.